The van der Waals surface area contributed by atoms with Gasteiger partial charge in [-0.25, -0.2) is 0 Å². The van der Waals surface area contributed by atoms with Crippen LogP contribution in [-0.4, -0.2) is 5.78 Å². The van der Waals surface area contributed by atoms with Crippen LogP contribution in [0.15, 0.2) is 130 Å². The third-order valence-corrected chi connectivity index (χ3v) is 7.67. The molecule has 0 amide bonds. The summed E-state index contributed by atoms with van der Waals surface area (Å²) in [6, 6.07) is 40.9. The van der Waals surface area contributed by atoms with Crippen LogP contribution in [0.4, 0.5) is 0 Å². The molecule has 36 heavy (non-hydrogen) atoms. The highest BCUT2D eigenvalue weighted by molar-refractivity contribution is 9.10. The quantitative estimate of drug-likeness (QED) is 0.186. The SMILES string of the molecule is O=C(c1ccc2ccccc2c1-c1ccc(Br)cc1)c1ccc2ccccc2c1-c1ccc(Br)cc1. The van der Waals surface area contributed by atoms with E-state index in [1.54, 1.807) is 0 Å². The van der Waals surface area contributed by atoms with Crippen molar-refractivity contribution in [1.82, 2.24) is 0 Å². The van der Waals surface area contributed by atoms with Crippen molar-refractivity contribution in [2.45, 2.75) is 0 Å². The fraction of sp³-hybridized carbons (Fsp3) is 0. The molecular weight excluding hydrogens is 572 g/mol. The lowest BCUT2D eigenvalue weighted by Crippen LogP contribution is -2.07. The van der Waals surface area contributed by atoms with Crippen LogP contribution in [0.3, 0.4) is 0 Å². The number of fused-ring (bicyclic) bond motifs is 2. The van der Waals surface area contributed by atoms with Gasteiger partial charge in [-0.05, 0) is 69.1 Å². The van der Waals surface area contributed by atoms with Crippen molar-refractivity contribution in [3.05, 3.63) is 141 Å². The third-order valence-electron chi connectivity index (χ3n) is 6.61. The maximum absolute atomic E-state index is 14.4. The summed E-state index contributed by atoms with van der Waals surface area (Å²) >= 11 is 7.09. The minimum Gasteiger partial charge on any atom is -0.289 e. The summed E-state index contributed by atoms with van der Waals surface area (Å²) in [4.78, 5) is 14.4. The van der Waals surface area contributed by atoms with Crippen molar-refractivity contribution in [1.29, 1.82) is 0 Å². The number of benzene rings is 6. The van der Waals surface area contributed by atoms with E-state index in [1.165, 1.54) is 0 Å². The highest BCUT2D eigenvalue weighted by Gasteiger charge is 2.22. The summed E-state index contributed by atoms with van der Waals surface area (Å²) in [5, 5.41) is 4.35. The number of hydrogen-bond donors (Lipinski definition) is 0. The van der Waals surface area contributed by atoms with E-state index in [2.05, 4.69) is 80.4 Å². The van der Waals surface area contributed by atoms with Gasteiger partial charge in [0.15, 0.2) is 5.78 Å². The third kappa shape index (κ3) is 4.09. The fourth-order valence-electron chi connectivity index (χ4n) is 4.92. The number of carbonyl (C=O) groups is 1. The van der Waals surface area contributed by atoms with Gasteiger partial charge in [0, 0.05) is 31.2 Å². The molecule has 3 heteroatoms. The second kappa shape index (κ2) is 9.50. The Kier molecular flexibility index (Phi) is 6.04. The molecule has 0 radical (unpaired) electrons. The van der Waals surface area contributed by atoms with Crippen molar-refractivity contribution < 1.29 is 4.79 Å². The van der Waals surface area contributed by atoms with Crippen LogP contribution >= 0.6 is 31.9 Å². The molecule has 0 bridgehead atoms. The van der Waals surface area contributed by atoms with Crippen molar-refractivity contribution >= 4 is 59.2 Å². The van der Waals surface area contributed by atoms with E-state index in [0.29, 0.717) is 11.1 Å². The molecule has 0 aliphatic rings. The molecule has 6 aromatic rings. The Bertz CT molecular complexity index is 1620. The first-order valence-electron chi connectivity index (χ1n) is 11.7. The second-order valence-electron chi connectivity index (χ2n) is 8.76. The van der Waals surface area contributed by atoms with Gasteiger partial charge >= 0.3 is 0 Å². The van der Waals surface area contributed by atoms with Crippen molar-refractivity contribution in [2.75, 3.05) is 0 Å². The molecule has 0 fully saturated rings. The predicted octanol–water partition coefficient (Wildman–Crippen LogP) is 10.1. The van der Waals surface area contributed by atoms with Gasteiger partial charge in [-0.15, -0.1) is 0 Å². The number of hydrogen-bond acceptors (Lipinski definition) is 1. The Morgan fingerprint density at radius 1 is 0.444 bits per heavy atom. The minimum atomic E-state index is 0.0161. The van der Waals surface area contributed by atoms with E-state index < -0.39 is 0 Å². The molecule has 0 aliphatic carbocycles. The van der Waals surface area contributed by atoms with E-state index in [0.717, 1.165) is 52.7 Å². The molecular formula is C33H20Br2O. The van der Waals surface area contributed by atoms with Gasteiger partial charge in [0.25, 0.3) is 0 Å². The lowest BCUT2D eigenvalue weighted by Gasteiger charge is -2.17. The van der Waals surface area contributed by atoms with Crippen LogP contribution in [0.5, 0.6) is 0 Å². The minimum absolute atomic E-state index is 0.0161. The standard InChI is InChI=1S/C33H20Br2O/c34-25-15-9-23(10-16-25)31-27-7-3-1-5-21(27)13-19-29(31)33(36)30-20-14-22-6-2-4-8-28(22)32(30)24-11-17-26(35)18-12-24/h1-20H. The molecule has 172 valence electrons. The fourth-order valence-corrected chi connectivity index (χ4v) is 5.45. The molecule has 0 N–H and O–H groups in total. The maximum Gasteiger partial charge on any atom is 0.194 e. The Labute approximate surface area is 226 Å². The monoisotopic (exact) mass is 590 g/mol. The lowest BCUT2D eigenvalue weighted by molar-refractivity contribution is 0.104. The van der Waals surface area contributed by atoms with Crippen LogP contribution in [0.1, 0.15) is 15.9 Å². The summed E-state index contributed by atoms with van der Waals surface area (Å²) in [7, 11) is 0. The average molecular weight is 592 g/mol. The van der Waals surface area contributed by atoms with Gasteiger partial charge in [0.1, 0.15) is 0 Å². The Balaban J connectivity index is 1.64. The summed E-state index contributed by atoms with van der Waals surface area (Å²) in [6.45, 7) is 0. The molecule has 0 aliphatic heterocycles. The molecule has 0 saturated heterocycles. The van der Waals surface area contributed by atoms with E-state index in [9.17, 15) is 4.79 Å². The van der Waals surface area contributed by atoms with E-state index >= 15 is 0 Å². The molecule has 6 rings (SSSR count). The molecule has 0 atom stereocenters. The Hall–Kier alpha value is -3.53. The predicted molar refractivity (Wildman–Crippen MR) is 158 cm³/mol. The van der Waals surface area contributed by atoms with E-state index in [1.807, 2.05) is 72.8 Å². The topological polar surface area (TPSA) is 17.1 Å². The largest absolute Gasteiger partial charge is 0.289 e. The van der Waals surface area contributed by atoms with Crippen LogP contribution in [0, 0.1) is 0 Å². The van der Waals surface area contributed by atoms with Gasteiger partial charge in [0.05, 0.1) is 0 Å². The van der Waals surface area contributed by atoms with Gasteiger partial charge in [-0.1, -0.05) is 117 Å². The van der Waals surface area contributed by atoms with E-state index in [4.69, 9.17) is 0 Å². The van der Waals surface area contributed by atoms with Crippen LogP contribution in [-0.2, 0) is 0 Å². The van der Waals surface area contributed by atoms with Crippen LogP contribution in [0.25, 0.3) is 43.8 Å². The molecule has 0 saturated carbocycles. The first-order chi connectivity index (χ1) is 17.6. The molecule has 6 aromatic carbocycles. The van der Waals surface area contributed by atoms with Crippen LogP contribution in [0.2, 0.25) is 0 Å². The average Bonchev–Trinajstić information content (AvgIpc) is 2.92. The van der Waals surface area contributed by atoms with Gasteiger partial charge in [-0.2, -0.15) is 0 Å². The summed E-state index contributed by atoms with van der Waals surface area (Å²) < 4.78 is 2.01. The van der Waals surface area contributed by atoms with Crippen molar-refractivity contribution in [2.24, 2.45) is 0 Å². The van der Waals surface area contributed by atoms with Gasteiger partial charge < -0.3 is 0 Å². The first-order valence-corrected chi connectivity index (χ1v) is 13.3. The van der Waals surface area contributed by atoms with Gasteiger partial charge in [-0.3, -0.25) is 4.79 Å². The molecule has 0 unspecified atom stereocenters. The smallest absolute Gasteiger partial charge is 0.194 e. The number of ketones is 1. The Morgan fingerprint density at radius 3 is 1.25 bits per heavy atom. The van der Waals surface area contributed by atoms with Crippen molar-refractivity contribution in [3.63, 3.8) is 0 Å². The van der Waals surface area contributed by atoms with Gasteiger partial charge in [0.2, 0.25) is 0 Å². The number of rotatable bonds is 4. The second-order valence-corrected chi connectivity index (χ2v) is 10.6. The molecule has 0 heterocycles. The summed E-state index contributed by atoms with van der Waals surface area (Å²) in [6.07, 6.45) is 0. The zero-order chi connectivity index (χ0) is 24.6. The zero-order valence-corrected chi connectivity index (χ0v) is 22.4. The number of halogens is 2. The molecule has 0 aromatic heterocycles. The number of carbonyl (C=O) groups excluding carboxylic acids is 1. The Morgan fingerprint density at radius 2 is 0.833 bits per heavy atom. The normalized spacial score (nSPS) is 11.2. The highest BCUT2D eigenvalue weighted by Crippen LogP contribution is 2.38. The lowest BCUT2D eigenvalue weighted by atomic mass is 9.85. The van der Waals surface area contributed by atoms with E-state index in [-0.39, 0.29) is 5.78 Å². The zero-order valence-electron chi connectivity index (χ0n) is 19.2. The maximum atomic E-state index is 14.4. The summed E-state index contributed by atoms with van der Waals surface area (Å²) in [5.74, 6) is 0.0161. The summed E-state index contributed by atoms with van der Waals surface area (Å²) in [5.41, 5.74) is 5.35. The highest BCUT2D eigenvalue weighted by atomic mass is 79.9. The van der Waals surface area contributed by atoms with Crippen molar-refractivity contribution in [3.8, 4) is 22.3 Å². The first kappa shape index (κ1) is 22.9. The van der Waals surface area contributed by atoms with Crippen LogP contribution < -0.4 is 0 Å². The molecule has 0 spiro atoms. The molecule has 1 nitrogen and oxygen atoms in total.